The summed E-state index contributed by atoms with van der Waals surface area (Å²) in [4.78, 5) is 22.1. The third-order valence-electron chi connectivity index (χ3n) is 3.22. The van der Waals surface area contributed by atoms with Crippen LogP contribution in [0.5, 0.6) is 0 Å². The first kappa shape index (κ1) is 11.0. The molecule has 1 saturated heterocycles. The van der Waals surface area contributed by atoms with Gasteiger partial charge in [-0.3, -0.25) is 9.78 Å². The highest BCUT2D eigenvalue weighted by Crippen LogP contribution is 2.23. The minimum atomic E-state index is 0.244. The number of aryl methyl sites for hydroxylation is 1. The van der Waals surface area contributed by atoms with Gasteiger partial charge in [0.25, 0.3) is 0 Å². The van der Waals surface area contributed by atoms with Crippen molar-refractivity contribution in [2.24, 2.45) is 5.92 Å². The molecule has 0 atom stereocenters. The molecule has 1 aromatic heterocycles. The van der Waals surface area contributed by atoms with Crippen molar-refractivity contribution in [3.8, 4) is 0 Å². The largest absolute Gasteiger partial charge is 0.355 e. The number of piperidine rings is 1. The molecule has 1 fully saturated rings. The summed E-state index contributed by atoms with van der Waals surface area (Å²) in [6.45, 7) is 5.47. The molecule has 0 saturated carbocycles. The fraction of sp³-hybridized carbons (Fsp3) is 0.583. The molecular weight excluding hydrogens is 202 g/mol. The maximum atomic E-state index is 11.3. The molecule has 1 aliphatic rings. The molecule has 1 aliphatic heterocycles. The van der Waals surface area contributed by atoms with Gasteiger partial charge in [0.15, 0.2) is 0 Å². The highest BCUT2D eigenvalue weighted by atomic mass is 16.1. The Bertz CT molecular complexity index is 384. The number of hydrogen-bond acceptors (Lipinski definition) is 4. The van der Waals surface area contributed by atoms with E-state index in [-0.39, 0.29) is 5.92 Å². The molecular formula is C12H17N3O. The lowest BCUT2D eigenvalue weighted by Gasteiger charge is -2.32. The first-order valence-electron chi connectivity index (χ1n) is 5.71. The van der Waals surface area contributed by atoms with Crippen LogP contribution in [0.4, 0.5) is 5.82 Å². The second-order valence-corrected chi connectivity index (χ2v) is 4.34. The number of carbonyl (C=O) groups excluding carboxylic acids is 1. The maximum absolute atomic E-state index is 11.3. The van der Waals surface area contributed by atoms with E-state index in [1.165, 1.54) is 0 Å². The first-order chi connectivity index (χ1) is 7.68. The van der Waals surface area contributed by atoms with Crippen LogP contribution in [0.25, 0.3) is 0 Å². The Morgan fingerprint density at radius 2 is 1.94 bits per heavy atom. The lowest BCUT2D eigenvalue weighted by molar-refractivity contribution is -0.121. The average Bonchev–Trinajstić information content (AvgIpc) is 2.30. The summed E-state index contributed by atoms with van der Waals surface area (Å²) in [5.41, 5.74) is 0.962. The fourth-order valence-electron chi connectivity index (χ4n) is 2.21. The monoisotopic (exact) mass is 219 g/mol. The molecule has 4 heteroatoms. The van der Waals surface area contributed by atoms with Crippen LogP contribution in [0.15, 0.2) is 12.4 Å². The van der Waals surface area contributed by atoms with Gasteiger partial charge in [-0.25, -0.2) is 4.98 Å². The van der Waals surface area contributed by atoms with Gasteiger partial charge in [0.1, 0.15) is 11.6 Å². The van der Waals surface area contributed by atoms with Gasteiger partial charge in [-0.1, -0.05) is 0 Å². The average molecular weight is 219 g/mol. The van der Waals surface area contributed by atoms with Crippen molar-refractivity contribution in [3.05, 3.63) is 18.1 Å². The molecule has 0 N–H and O–H groups in total. The molecule has 0 unspecified atom stereocenters. The molecule has 0 amide bonds. The standard InChI is InChI=1S/C12H17N3O/c1-9-12(14-6-5-13-9)15-7-3-11(4-8-15)10(2)16/h5-6,11H,3-4,7-8H2,1-2H3. The Kier molecular flexibility index (Phi) is 3.17. The van der Waals surface area contributed by atoms with Crippen LogP contribution in [0.2, 0.25) is 0 Å². The van der Waals surface area contributed by atoms with Crippen molar-refractivity contribution in [3.63, 3.8) is 0 Å². The third-order valence-corrected chi connectivity index (χ3v) is 3.22. The second-order valence-electron chi connectivity index (χ2n) is 4.34. The summed E-state index contributed by atoms with van der Waals surface area (Å²) < 4.78 is 0. The first-order valence-corrected chi connectivity index (χ1v) is 5.71. The topological polar surface area (TPSA) is 46.1 Å². The molecule has 0 spiro atoms. The predicted molar refractivity (Wildman–Crippen MR) is 62.4 cm³/mol. The number of rotatable bonds is 2. The number of ketones is 1. The number of nitrogens with zero attached hydrogens (tertiary/aromatic N) is 3. The van der Waals surface area contributed by atoms with Crippen molar-refractivity contribution in [2.75, 3.05) is 18.0 Å². The Morgan fingerprint density at radius 3 is 2.50 bits per heavy atom. The van der Waals surface area contributed by atoms with E-state index in [0.29, 0.717) is 5.78 Å². The Labute approximate surface area is 95.7 Å². The highest BCUT2D eigenvalue weighted by molar-refractivity contribution is 5.78. The van der Waals surface area contributed by atoms with Gasteiger partial charge in [0.2, 0.25) is 0 Å². The molecule has 86 valence electrons. The van der Waals surface area contributed by atoms with Crippen LogP contribution in [-0.2, 0) is 4.79 Å². The zero-order chi connectivity index (χ0) is 11.5. The number of carbonyl (C=O) groups is 1. The molecule has 0 bridgehead atoms. The third kappa shape index (κ3) is 2.21. The van der Waals surface area contributed by atoms with Gasteiger partial charge >= 0.3 is 0 Å². The van der Waals surface area contributed by atoms with Crippen LogP contribution < -0.4 is 4.90 Å². The van der Waals surface area contributed by atoms with Gasteiger partial charge < -0.3 is 4.90 Å². The summed E-state index contributed by atoms with van der Waals surface area (Å²) >= 11 is 0. The quantitative estimate of drug-likeness (QED) is 0.757. The summed E-state index contributed by atoms with van der Waals surface area (Å²) in [6.07, 6.45) is 5.30. The summed E-state index contributed by atoms with van der Waals surface area (Å²) in [5.74, 6) is 1.52. The zero-order valence-corrected chi connectivity index (χ0v) is 9.81. The lowest BCUT2D eigenvalue weighted by Crippen LogP contribution is -2.36. The van der Waals surface area contributed by atoms with Crippen LogP contribution in [-0.4, -0.2) is 28.8 Å². The van der Waals surface area contributed by atoms with Gasteiger partial charge in [0, 0.05) is 31.4 Å². The number of aromatic nitrogens is 2. The lowest BCUT2D eigenvalue weighted by atomic mass is 9.93. The van der Waals surface area contributed by atoms with Crippen LogP contribution >= 0.6 is 0 Å². The normalized spacial score (nSPS) is 17.5. The minimum Gasteiger partial charge on any atom is -0.355 e. The summed E-state index contributed by atoms with van der Waals surface area (Å²) in [5, 5.41) is 0. The van der Waals surface area contributed by atoms with E-state index in [0.717, 1.165) is 37.4 Å². The Balaban J connectivity index is 2.05. The zero-order valence-electron chi connectivity index (χ0n) is 9.81. The van der Waals surface area contributed by atoms with E-state index < -0.39 is 0 Å². The van der Waals surface area contributed by atoms with E-state index in [4.69, 9.17) is 0 Å². The number of anilines is 1. The predicted octanol–water partition coefficient (Wildman–Crippen LogP) is 1.59. The molecule has 0 aliphatic carbocycles. The van der Waals surface area contributed by atoms with E-state index in [1.807, 2.05) is 6.92 Å². The van der Waals surface area contributed by atoms with Gasteiger partial charge in [-0.2, -0.15) is 0 Å². The Hall–Kier alpha value is -1.45. The highest BCUT2D eigenvalue weighted by Gasteiger charge is 2.23. The molecule has 4 nitrogen and oxygen atoms in total. The van der Waals surface area contributed by atoms with E-state index in [2.05, 4.69) is 14.9 Å². The summed E-state index contributed by atoms with van der Waals surface area (Å²) in [6, 6.07) is 0. The smallest absolute Gasteiger partial charge is 0.150 e. The second kappa shape index (κ2) is 4.60. The molecule has 0 aromatic carbocycles. The van der Waals surface area contributed by atoms with Crippen LogP contribution in [0.1, 0.15) is 25.5 Å². The number of hydrogen-bond donors (Lipinski definition) is 0. The maximum Gasteiger partial charge on any atom is 0.150 e. The van der Waals surface area contributed by atoms with E-state index in [9.17, 15) is 4.79 Å². The van der Waals surface area contributed by atoms with Gasteiger partial charge in [-0.05, 0) is 26.7 Å². The molecule has 1 aromatic rings. The van der Waals surface area contributed by atoms with Crippen molar-refractivity contribution >= 4 is 11.6 Å². The van der Waals surface area contributed by atoms with Crippen molar-refractivity contribution in [2.45, 2.75) is 26.7 Å². The summed E-state index contributed by atoms with van der Waals surface area (Å²) in [7, 11) is 0. The molecule has 2 rings (SSSR count). The minimum absolute atomic E-state index is 0.244. The van der Waals surface area contributed by atoms with Gasteiger partial charge in [-0.15, -0.1) is 0 Å². The molecule has 16 heavy (non-hydrogen) atoms. The number of Topliss-reactive ketones (excluding diaryl/α,β-unsaturated/α-hetero) is 1. The van der Waals surface area contributed by atoms with Crippen molar-refractivity contribution in [1.29, 1.82) is 0 Å². The SMILES string of the molecule is CC(=O)C1CCN(c2nccnc2C)CC1. The Morgan fingerprint density at radius 1 is 1.31 bits per heavy atom. The molecule has 2 heterocycles. The van der Waals surface area contributed by atoms with Crippen molar-refractivity contribution < 1.29 is 4.79 Å². The molecule has 0 radical (unpaired) electrons. The van der Waals surface area contributed by atoms with E-state index in [1.54, 1.807) is 19.3 Å². The van der Waals surface area contributed by atoms with Crippen LogP contribution in [0, 0.1) is 12.8 Å². The van der Waals surface area contributed by atoms with E-state index >= 15 is 0 Å². The van der Waals surface area contributed by atoms with Crippen LogP contribution in [0.3, 0.4) is 0 Å². The fourth-order valence-corrected chi connectivity index (χ4v) is 2.21. The van der Waals surface area contributed by atoms with Crippen molar-refractivity contribution in [1.82, 2.24) is 9.97 Å². The van der Waals surface area contributed by atoms with Gasteiger partial charge in [0.05, 0.1) is 5.69 Å².